The summed E-state index contributed by atoms with van der Waals surface area (Å²) < 4.78 is 1.56. The highest BCUT2D eigenvalue weighted by Crippen LogP contribution is 2.13. The molecular weight excluding hydrogens is 390 g/mol. The van der Waals surface area contributed by atoms with Gasteiger partial charge >= 0.3 is 5.69 Å². The van der Waals surface area contributed by atoms with Gasteiger partial charge in [-0.15, -0.1) is 0 Å². The largest absolute Gasteiger partial charge is 0.370 e. The Morgan fingerprint density at radius 1 is 1.19 bits per heavy atom. The molecule has 0 fully saturated rings. The number of hydrogen-bond acceptors (Lipinski definition) is 4. The van der Waals surface area contributed by atoms with E-state index in [2.05, 4.69) is 34.1 Å². The minimum atomic E-state index is -0.301. The van der Waals surface area contributed by atoms with Crippen LogP contribution in [0.1, 0.15) is 51.8 Å². The van der Waals surface area contributed by atoms with Gasteiger partial charge in [0, 0.05) is 30.4 Å². The third-order valence-electron chi connectivity index (χ3n) is 3.99. The van der Waals surface area contributed by atoms with E-state index in [1.807, 2.05) is 57.3 Å². The summed E-state index contributed by atoms with van der Waals surface area (Å²) in [5.74, 6) is 0.123. The summed E-state index contributed by atoms with van der Waals surface area (Å²) in [7, 11) is 0. The number of aromatic nitrogens is 3. The van der Waals surface area contributed by atoms with Crippen molar-refractivity contribution in [2.24, 2.45) is 16.5 Å². The van der Waals surface area contributed by atoms with Gasteiger partial charge in [-0.25, -0.2) is 4.79 Å². The van der Waals surface area contributed by atoms with Gasteiger partial charge in [-0.3, -0.25) is 9.56 Å². The molecule has 2 heterocycles. The quantitative estimate of drug-likeness (QED) is 0.261. The molecule has 2 aromatic heterocycles. The second kappa shape index (κ2) is 14.0. The van der Waals surface area contributed by atoms with E-state index in [1.54, 1.807) is 4.57 Å². The molecule has 0 amide bonds. The maximum absolute atomic E-state index is 12.2. The predicted molar refractivity (Wildman–Crippen MR) is 131 cm³/mol. The molecule has 0 atom stereocenters. The average molecular weight is 428 g/mol. The molecule has 0 unspecified atom stereocenters. The molecule has 8 nitrogen and oxygen atoms in total. The van der Waals surface area contributed by atoms with E-state index in [0.717, 1.165) is 41.8 Å². The minimum Gasteiger partial charge on any atom is -0.370 e. The third-order valence-corrected chi connectivity index (χ3v) is 3.99. The molecule has 0 bridgehead atoms. The highest BCUT2D eigenvalue weighted by molar-refractivity contribution is 5.76. The van der Waals surface area contributed by atoms with Crippen molar-refractivity contribution in [1.82, 2.24) is 19.9 Å². The van der Waals surface area contributed by atoms with E-state index in [9.17, 15) is 4.79 Å². The summed E-state index contributed by atoms with van der Waals surface area (Å²) in [6, 6.07) is 9.81. The van der Waals surface area contributed by atoms with Crippen molar-refractivity contribution in [2.45, 2.75) is 54.0 Å². The number of aliphatic imine (C=N–C) groups is 1. The number of rotatable bonds is 7. The van der Waals surface area contributed by atoms with E-state index in [0.29, 0.717) is 12.2 Å². The minimum absolute atomic E-state index is 0.123. The number of aryl methyl sites for hydroxylation is 1. The molecule has 6 N–H and O–H groups in total. The number of nitrogens with one attached hydrogen (secondary N) is 2. The zero-order valence-electron chi connectivity index (χ0n) is 19.4. The van der Waals surface area contributed by atoms with Gasteiger partial charge in [-0.2, -0.15) is 4.98 Å². The molecule has 31 heavy (non-hydrogen) atoms. The van der Waals surface area contributed by atoms with Crippen LogP contribution in [0.25, 0.3) is 16.7 Å². The van der Waals surface area contributed by atoms with Gasteiger partial charge in [0.1, 0.15) is 5.65 Å². The SMILES string of the molecule is CC.CCC.Cc1cc2cn(-c3ccc(CNCCCN=C(N)N)cc3)c(=O)nc2[nH]1. The monoisotopic (exact) mass is 427 g/mol. The zero-order chi connectivity index (χ0) is 23.2. The Kier molecular flexibility index (Phi) is 11.7. The van der Waals surface area contributed by atoms with Crippen LogP contribution in [0.3, 0.4) is 0 Å². The van der Waals surface area contributed by atoms with Crippen LogP contribution in [-0.4, -0.2) is 33.6 Å². The van der Waals surface area contributed by atoms with Crippen LogP contribution in [0.5, 0.6) is 0 Å². The van der Waals surface area contributed by atoms with Gasteiger partial charge in [0.2, 0.25) is 0 Å². The van der Waals surface area contributed by atoms with Crippen molar-refractivity contribution in [2.75, 3.05) is 13.1 Å². The zero-order valence-corrected chi connectivity index (χ0v) is 19.4. The Labute approximate surface area is 184 Å². The van der Waals surface area contributed by atoms with Crippen LogP contribution in [0, 0.1) is 6.92 Å². The Balaban J connectivity index is 0.000000884. The maximum Gasteiger partial charge on any atom is 0.354 e. The standard InChI is InChI=1S/C18H23N7O.C3H8.C2H6/c1-12-9-14-11-25(18(26)24-16(14)23-12)15-5-3-13(4-6-15)10-21-7-2-8-22-17(19)20;1-3-2;1-2/h3-6,9,11,21H,2,7-8,10H2,1H3,(H4,19,20,22)(H,23,24,26);3H2,1-2H3;1-2H3. The summed E-state index contributed by atoms with van der Waals surface area (Å²) in [5.41, 5.74) is 13.8. The molecule has 170 valence electrons. The topological polar surface area (TPSA) is 127 Å². The summed E-state index contributed by atoms with van der Waals surface area (Å²) in [4.78, 5) is 23.3. The summed E-state index contributed by atoms with van der Waals surface area (Å²) in [6.07, 6.45) is 3.93. The fourth-order valence-corrected chi connectivity index (χ4v) is 2.74. The summed E-state index contributed by atoms with van der Waals surface area (Å²) in [6.45, 7) is 12.4. The molecule has 3 aromatic rings. The number of fused-ring (bicyclic) bond motifs is 1. The van der Waals surface area contributed by atoms with Crippen molar-refractivity contribution in [1.29, 1.82) is 0 Å². The molecule has 0 radical (unpaired) electrons. The molecule has 0 aliphatic heterocycles. The van der Waals surface area contributed by atoms with Crippen molar-refractivity contribution in [3.8, 4) is 5.69 Å². The van der Waals surface area contributed by atoms with E-state index in [1.165, 1.54) is 6.42 Å². The van der Waals surface area contributed by atoms with Crippen LogP contribution < -0.4 is 22.5 Å². The van der Waals surface area contributed by atoms with E-state index in [4.69, 9.17) is 11.5 Å². The van der Waals surface area contributed by atoms with Gasteiger partial charge in [-0.1, -0.05) is 46.2 Å². The van der Waals surface area contributed by atoms with E-state index >= 15 is 0 Å². The third kappa shape index (κ3) is 8.64. The lowest BCUT2D eigenvalue weighted by atomic mass is 10.2. The number of guanidine groups is 1. The van der Waals surface area contributed by atoms with Crippen LogP contribution in [0.15, 0.2) is 46.3 Å². The van der Waals surface area contributed by atoms with E-state index in [-0.39, 0.29) is 11.6 Å². The molecular formula is C23H37N7O. The van der Waals surface area contributed by atoms with Crippen LogP contribution in [0.4, 0.5) is 0 Å². The molecule has 1 aromatic carbocycles. The molecule has 0 aliphatic rings. The van der Waals surface area contributed by atoms with Crippen molar-refractivity contribution in [3.63, 3.8) is 0 Å². The van der Waals surface area contributed by atoms with Gasteiger partial charge in [0.05, 0.1) is 5.69 Å². The van der Waals surface area contributed by atoms with Crippen molar-refractivity contribution in [3.05, 3.63) is 58.3 Å². The lowest BCUT2D eigenvalue weighted by molar-refractivity contribution is 0.655. The number of H-pyrrole nitrogens is 1. The van der Waals surface area contributed by atoms with Gasteiger partial charge < -0.3 is 21.8 Å². The first kappa shape index (κ1) is 25.9. The van der Waals surface area contributed by atoms with Crippen LogP contribution in [0.2, 0.25) is 0 Å². The van der Waals surface area contributed by atoms with Gasteiger partial charge in [0.25, 0.3) is 0 Å². The lowest BCUT2D eigenvalue weighted by Gasteiger charge is -2.08. The molecule has 0 aliphatic carbocycles. The summed E-state index contributed by atoms with van der Waals surface area (Å²) in [5, 5.41) is 4.25. The average Bonchev–Trinajstić information content (AvgIpc) is 3.11. The normalized spacial score (nSPS) is 9.97. The smallest absolute Gasteiger partial charge is 0.354 e. The highest BCUT2D eigenvalue weighted by Gasteiger charge is 2.06. The fraction of sp³-hybridized carbons (Fsp3) is 0.435. The number of nitrogens with two attached hydrogens (primary N) is 2. The van der Waals surface area contributed by atoms with Crippen LogP contribution in [-0.2, 0) is 6.54 Å². The fourth-order valence-electron chi connectivity index (χ4n) is 2.74. The number of aromatic amines is 1. The van der Waals surface area contributed by atoms with Crippen molar-refractivity contribution < 1.29 is 0 Å². The lowest BCUT2D eigenvalue weighted by Crippen LogP contribution is -2.23. The second-order valence-corrected chi connectivity index (χ2v) is 6.86. The molecule has 0 saturated heterocycles. The second-order valence-electron chi connectivity index (χ2n) is 6.86. The van der Waals surface area contributed by atoms with E-state index < -0.39 is 0 Å². The Morgan fingerprint density at radius 2 is 1.84 bits per heavy atom. The first-order chi connectivity index (χ1) is 14.9. The van der Waals surface area contributed by atoms with Crippen molar-refractivity contribution >= 4 is 17.0 Å². The summed E-state index contributed by atoms with van der Waals surface area (Å²) >= 11 is 0. The van der Waals surface area contributed by atoms with Gasteiger partial charge in [-0.05, 0) is 43.7 Å². The molecule has 0 spiro atoms. The first-order valence-corrected chi connectivity index (χ1v) is 10.9. The Hall–Kier alpha value is -3.13. The maximum atomic E-state index is 12.2. The number of benzene rings is 1. The predicted octanol–water partition coefficient (Wildman–Crippen LogP) is 3.22. The Bertz CT molecular complexity index is 983. The van der Waals surface area contributed by atoms with Gasteiger partial charge in [0.15, 0.2) is 5.96 Å². The Morgan fingerprint density at radius 3 is 2.45 bits per heavy atom. The molecule has 0 saturated carbocycles. The molecule has 3 rings (SSSR count). The van der Waals surface area contributed by atoms with Crippen LogP contribution >= 0.6 is 0 Å². The highest BCUT2D eigenvalue weighted by atomic mass is 16.1. The number of nitrogens with zero attached hydrogens (tertiary/aromatic N) is 3. The molecule has 8 heteroatoms. The first-order valence-electron chi connectivity index (χ1n) is 10.9. The number of hydrogen-bond donors (Lipinski definition) is 4.